The van der Waals surface area contributed by atoms with E-state index in [1.807, 2.05) is 4.90 Å². The van der Waals surface area contributed by atoms with Gasteiger partial charge in [0.15, 0.2) is 0 Å². The Bertz CT molecular complexity index is 776. The summed E-state index contributed by atoms with van der Waals surface area (Å²) in [5, 5.41) is 4.33. The summed E-state index contributed by atoms with van der Waals surface area (Å²) in [7, 11) is 1.58. The Morgan fingerprint density at radius 1 is 1.13 bits per heavy atom. The number of ether oxygens (including phenoxy) is 1. The number of piperidine rings is 1. The van der Waals surface area contributed by atoms with Crippen molar-refractivity contribution in [2.75, 3.05) is 25.1 Å². The number of halogens is 1. The molecule has 0 N–H and O–H groups in total. The fraction of sp³-hybridized carbons (Fsp3) is 0.312. The summed E-state index contributed by atoms with van der Waals surface area (Å²) < 4.78 is 6.35. The highest BCUT2D eigenvalue weighted by molar-refractivity contribution is 6.33. The van der Waals surface area contributed by atoms with Crippen LogP contribution < -0.4 is 15.2 Å². The van der Waals surface area contributed by atoms with E-state index >= 15 is 0 Å². The van der Waals surface area contributed by atoms with E-state index in [4.69, 9.17) is 16.3 Å². The lowest BCUT2D eigenvalue weighted by Gasteiger charge is -2.28. The van der Waals surface area contributed by atoms with Crippen LogP contribution in [0.25, 0.3) is 5.69 Å². The summed E-state index contributed by atoms with van der Waals surface area (Å²) in [4.78, 5) is 25.8. The molecule has 0 amide bonds. The first-order chi connectivity index (χ1) is 11.1. The molecule has 1 aromatic heterocycles. The van der Waals surface area contributed by atoms with E-state index in [0.29, 0.717) is 43.1 Å². The highest BCUT2D eigenvalue weighted by Crippen LogP contribution is 2.24. The number of hydrogen-bond acceptors (Lipinski definition) is 5. The molecule has 1 aromatic carbocycles. The molecule has 1 fully saturated rings. The number of benzene rings is 1. The van der Waals surface area contributed by atoms with E-state index < -0.39 is 0 Å². The molecule has 2 aromatic rings. The zero-order valence-corrected chi connectivity index (χ0v) is 13.4. The highest BCUT2D eigenvalue weighted by Gasteiger charge is 2.21. The summed E-state index contributed by atoms with van der Waals surface area (Å²) in [6, 6.07) is 6.98. The third-order valence-electron chi connectivity index (χ3n) is 3.88. The van der Waals surface area contributed by atoms with E-state index in [-0.39, 0.29) is 16.4 Å². The SMILES string of the molecule is COc1ccc(-n2ncc(N3CCC(=O)CC3)c(Cl)c2=O)cc1. The first kappa shape index (κ1) is 15.6. The molecule has 7 heteroatoms. The number of methoxy groups -OCH3 is 1. The molecule has 0 bridgehead atoms. The molecule has 0 unspecified atom stereocenters. The summed E-state index contributed by atoms with van der Waals surface area (Å²) in [6.07, 6.45) is 2.51. The van der Waals surface area contributed by atoms with Crippen molar-refractivity contribution in [3.8, 4) is 11.4 Å². The Hall–Kier alpha value is -2.34. The minimum Gasteiger partial charge on any atom is -0.497 e. The van der Waals surface area contributed by atoms with Gasteiger partial charge in [0.2, 0.25) is 0 Å². The van der Waals surface area contributed by atoms with Gasteiger partial charge in [0.1, 0.15) is 16.6 Å². The first-order valence-electron chi connectivity index (χ1n) is 7.29. The van der Waals surface area contributed by atoms with Crippen molar-refractivity contribution < 1.29 is 9.53 Å². The molecule has 0 radical (unpaired) electrons. The van der Waals surface area contributed by atoms with Gasteiger partial charge >= 0.3 is 0 Å². The van der Waals surface area contributed by atoms with Gasteiger partial charge in [-0.05, 0) is 24.3 Å². The van der Waals surface area contributed by atoms with Crippen LogP contribution in [0.2, 0.25) is 5.02 Å². The molecular weight excluding hydrogens is 318 g/mol. The van der Waals surface area contributed by atoms with Crippen LogP contribution in [0.3, 0.4) is 0 Å². The number of anilines is 1. The average Bonchev–Trinajstić information content (AvgIpc) is 2.58. The fourth-order valence-corrected chi connectivity index (χ4v) is 2.80. The van der Waals surface area contributed by atoms with Crippen molar-refractivity contribution in [2.24, 2.45) is 0 Å². The largest absolute Gasteiger partial charge is 0.497 e. The van der Waals surface area contributed by atoms with E-state index in [0.717, 1.165) is 0 Å². The van der Waals surface area contributed by atoms with Gasteiger partial charge in [-0.3, -0.25) is 9.59 Å². The topological polar surface area (TPSA) is 64.4 Å². The number of nitrogens with zero attached hydrogens (tertiary/aromatic N) is 3. The summed E-state index contributed by atoms with van der Waals surface area (Å²) in [5.41, 5.74) is 0.804. The molecule has 2 heterocycles. The van der Waals surface area contributed by atoms with Gasteiger partial charge in [-0.25, -0.2) is 0 Å². The van der Waals surface area contributed by atoms with Gasteiger partial charge in [-0.1, -0.05) is 11.6 Å². The minimum absolute atomic E-state index is 0.116. The average molecular weight is 334 g/mol. The van der Waals surface area contributed by atoms with E-state index in [1.165, 1.54) is 4.68 Å². The molecule has 6 nitrogen and oxygen atoms in total. The molecule has 3 rings (SSSR count). The van der Waals surface area contributed by atoms with E-state index in [2.05, 4.69) is 5.10 Å². The van der Waals surface area contributed by atoms with E-state index in [9.17, 15) is 9.59 Å². The minimum atomic E-state index is -0.383. The number of aromatic nitrogens is 2. The van der Waals surface area contributed by atoms with Crippen molar-refractivity contribution in [1.82, 2.24) is 9.78 Å². The zero-order chi connectivity index (χ0) is 16.4. The Morgan fingerprint density at radius 2 is 1.78 bits per heavy atom. The number of carbonyl (C=O) groups is 1. The molecule has 120 valence electrons. The number of ketones is 1. The Labute approximate surface area is 138 Å². The summed E-state index contributed by atoms with van der Waals surface area (Å²) >= 11 is 6.25. The third-order valence-corrected chi connectivity index (χ3v) is 4.23. The molecule has 1 aliphatic heterocycles. The molecule has 0 aliphatic carbocycles. The lowest BCUT2D eigenvalue weighted by atomic mass is 10.1. The summed E-state index contributed by atoms with van der Waals surface area (Å²) in [5.74, 6) is 0.930. The van der Waals surface area contributed by atoms with Gasteiger partial charge in [-0.15, -0.1) is 0 Å². The van der Waals surface area contributed by atoms with Crippen LogP contribution in [0.1, 0.15) is 12.8 Å². The van der Waals surface area contributed by atoms with Crippen LogP contribution in [0.4, 0.5) is 5.69 Å². The Kier molecular flexibility index (Phi) is 4.34. The fourth-order valence-electron chi connectivity index (χ4n) is 2.55. The predicted molar refractivity (Wildman–Crippen MR) is 87.9 cm³/mol. The molecular formula is C16H16ClN3O3. The van der Waals surface area contributed by atoms with Gasteiger partial charge in [0, 0.05) is 25.9 Å². The molecule has 1 saturated heterocycles. The van der Waals surface area contributed by atoms with Crippen molar-refractivity contribution in [3.63, 3.8) is 0 Å². The third kappa shape index (κ3) is 3.07. The standard InChI is InChI=1S/C16H16ClN3O3/c1-23-13-4-2-11(3-5-13)20-16(22)15(17)14(10-18-20)19-8-6-12(21)7-9-19/h2-5,10H,6-9H2,1H3. The zero-order valence-electron chi connectivity index (χ0n) is 12.7. The monoisotopic (exact) mass is 333 g/mol. The predicted octanol–water partition coefficient (Wildman–Crippen LogP) is 2.06. The van der Waals surface area contributed by atoms with Gasteiger partial charge in [0.05, 0.1) is 24.7 Å². The van der Waals surface area contributed by atoms with Crippen LogP contribution >= 0.6 is 11.6 Å². The van der Waals surface area contributed by atoms with Crippen LogP contribution in [-0.2, 0) is 4.79 Å². The van der Waals surface area contributed by atoms with Gasteiger partial charge in [-0.2, -0.15) is 9.78 Å². The second-order valence-corrected chi connectivity index (χ2v) is 5.66. The Morgan fingerprint density at radius 3 is 2.39 bits per heavy atom. The number of Topliss-reactive ketones (excluding diaryl/α,β-unsaturated/α-hetero) is 1. The van der Waals surface area contributed by atoms with Crippen LogP contribution in [0.5, 0.6) is 5.75 Å². The lowest BCUT2D eigenvalue weighted by Crippen LogP contribution is -2.35. The first-order valence-corrected chi connectivity index (χ1v) is 7.67. The quantitative estimate of drug-likeness (QED) is 0.860. The maximum absolute atomic E-state index is 12.5. The second kappa shape index (κ2) is 6.42. The van der Waals surface area contributed by atoms with Crippen LogP contribution in [-0.4, -0.2) is 35.8 Å². The number of carbonyl (C=O) groups excluding carboxylic acids is 1. The Balaban J connectivity index is 1.94. The van der Waals surface area contributed by atoms with E-state index in [1.54, 1.807) is 37.6 Å². The number of hydrogen-bond donors (Lipinski definition) is 0. The van der Waals surface area contributed by atoms with Crippen LogP contribution in [0.15, 0.2) is 35.3 Å². The molecule has 0 atom stereocenters. The molecule has 23 heavy (non-hydrogen) atoms. The maximum atomic E-state index is 12.5. The maximum Gasteiger partial charge on any atom is 0.292 e. The van der Waals surface area contributed by atoms with Crippen molar-refractivity contribution in [3.05, 3.63) is 45.8 Å². The van der Waals surface area contributed by atoms with Gasteiger partial charge in [0.25, 0.3) is 5.56 Å². The molecule has 0 saturated carbocycles. The number of rotatable bonds is 3. The molecule has 0 spiro atoms. The van der Waals surface area contributed by atoms with Crippen LogP contribution in [0, 0.1) is 0 Å². The van der Waals surface area contributed by atoms with Crippen molar-refractivity contribution >= 4 is 23.1 Å². The molecule has 1 aliphatic rings. The highest BCUT2D eigenvalue weighted by atomic mass is 35.5. The smallest absolute Gasteiger partial charge is 0.292 e. The lowest BCUT2D eigenvalue weighted by molar-refractivity contribution is -0.119. The van der Waals surface area contributed by atoms with Crippen molar-refractivity contribution in [2.45, 2.75) is 12.8 Å². The van der Waals surface area contributed by atoms with Gasteiger partial charge < -0.3 is 9.64 Å². The summed E-state index contributed by atoms with van der Waals surface area (Å²) in [6.45, 7) is 1.12. The second-order valence-electron chi connectivity index (χ2n) is 5.28. The van der Waals surface area contributed by atoms with Crippen molar-refractivity contribution in [1.29, 1.82) is 0 Å². The normalized spacial score (nSPS) is 14.9.